The Morgan fingerprint density at radius 3 is 2.64 bits per heavy atom. The van der Waals surface area contributed by atoms with E-state index in [0.29, 0.717) is 25.7 Å². The molecular formula is C30H32FN3O5. The largest absolute Gasteiger partial charge is 0.494 e. The van der Waals surface area contributed by atoms with E-state index < -0.39 is 18.1 Å². The SMILES string of the molecule is COc1ccc(Cc2nc3c(c4c2[nH]c2ccccc24)[C@@H](O)CC(C)(C)C3)cc1F.O=C1CCC(C(=O)O)N1. The van der Waals surface area contributed by atoms with Crippen LogP contribution in [0.2, 0.25) is 0 Å². The third kappa shape index (κ3) is 5.31. The maximum absolute atomic E-state index is 14.3. The quantitative estimate of drug-likeness (QED) is 0.298. The number of nitrogens with zero attached hydrogens (tertiary/aromatic N) is 1. The van der Waals surface area contributed by atoms with E-state index in [2.05, 4.69) is 30.2 Å². The maximum atomic E-state index is 14.3. The molecule has 2 atom stereocenters. The first-order valence-corrected chi connectivity index (χ1v) is 13.0. The van der Waals surface area contributed by atoms with Crippen LogP contribution < -0.4 is 10.1 Å². The summed E-state index contributed by atoms with van der Waals surface area (Å²) in [7, 11) is 1.46. The number of carboxylic acid groups (broad SMARTS) is 1. The number of pyridine rings is 1. The summed E-state index contributed by atoms with van der Waals surface area (Å²) in [6, 6.07) is 12.5. The molecule has 0 spiro atoms. The van der Waals surface area contributed by atoms with Crippen LogP contribution in [0.5, 0.6) is 5.75 Å². The summed E-state index contributed by atoms with van der Waals surface area (Å²) in [6.07, 6.45) is 2.22. The van der Waals surface area contributed by atoms with Gasteiger partial charge in [0, 0.05) is 40.4 Å². The van der Waals surface area contributed by atoms with Crippen LogP contribution in [0.15, 0.2) is 42.5 Å². The van der Waals surface area contributed by atoms with Gasteiger partial charge in [-0.05, 0) is 48.4 Å². The minimum Gasteiger partial charge on any atom is -0.494 e. The second-order valence-corrected chi connectivity index (χ2v) is 11.0. The standard InChI is InChI=1S/C25H25FN2O2.C5H7NO3/c1-25(2)12-19-23(20(29)13-25)22-15-6-4-5-7-17(15)28-24(22)18(27-19)11-14-8-9-21(30-3)16(26)10-14;7-4-2-1-3(6-4)5(8)9/h4-10,20,28-29H,11-13H2,1-3H3;3H,1-2H2,(H,6,7)(H,8,9)/t20-;/m0./s1. The average molecular weight is 534 g/mol. The minimum atomic E-state index is -0.944. The number of carbonyl (C=O) groups is 2. The molecule has 8 nitrogen and oxygen atoms in total. The Morgan fingerprint density at radius 1 is 1.23 bits per heavy atom. The lowest BCUT2D eigenvalue weighted by atomic mass is 9.74. The topological polar surface area (TPSA) is 125 Å². The molecule has 9 heteroatoms. The van der Waals surface area contributed by atoms with Crippen LogP contribution in [-0.4, -0.2) is 45.2 Å². The molecule has 4 N–H and O–H groups in total. The Kier molecular flexibility index (Phi) is 7.03. The van der Waals surface area contributed by atoms with Gasteiger partial charge in [-0.25, -0.2) is 9.18 Å². The molecule has 2 aromatic carbocycles. The fraction of sp³-hybridized carbons (Fsp3) is 0.367. The van der Waals surface area contributed by atoms with Gasteiger partial charge in [-0.2, -0.15) is 0 Å². The van der Waals surface area contributed by atoms with Crippen molar-refractivity contribution in [2.24, 2.45) is 5.41 Å². The van der Waals surface area contributed by atoms with E-state index in [1.54, 1.807) is 6.07 Å². The van der Waals surface area contributed by atoms with E-state index in [9.17, 15) is 19.1 Å². The second kappa shape index (κ2) is 10.3. The minimum absolute atomic E-state index is 0.0251. The first kappa shape index (κ1) is 26.6. The molecular weight excluding hydrogens is 501 g/mol. The highest BCUT2D eigenvalue weighted by Gasteiger charge is 2.35. The number of methoxy groups -OCH3 is 1. The maximum Gasteiger partial charge on any atom is 0.326 e. The van der Waals surface area contributed by atoms with Crippen molar-refractivity contribution >= 4 is 33.7 Å². The number of aliphatic hydroxyl groups is 1. The Bertz CT molecular complexity index is 1580. The first-order chi connectivity index (χ1) is 18.6. The molecule has 1 aliphatic heterocycles. The van der Waals surface area contributed by atoms with Crippen molar-refractivity contribution in [3.05, 3.63) is 70.8 Å². The van der Waals surface area contributed by atoms with E-state index in [1.807, 2.05) is 24.3 Å². The van der Waals surface area contributed by atoms with Crippen LogP contribution >= 0.6 is 0 Å². The summed E-state index contributed by atoms with van der Waals surface area (Å²) in [5.74, 6) is -1.25. The number of halogens is 1. The van der Waals surface area contributed by atoms with Crippen LogP contribution in [0.4, 0.5) is 4.39 Å². The van der Waals surface area contributed by atoms with Gasteiger partial charge < -0.3 is 25.3 Å². The molecule has 3 heterocycles. The van der Waals surface area contributed by atoms with Gasteiger partial charge in [0.05, 0.1) is 24.4 Å². The van der Waals surface area contributed by atoms with Crippen molar-refractivity contribution in [1.82, 2.24) is 15.3 Å². The van der Waals surface area contributed by atoms with E-state index >= 15 is 0 Å². The fourth-order valence-electron chi connectivity index (χ4n) is 5.65. The number of aliphatic carboxylic acids is 1. The predicted octanol–water partition coefficient (Wildman–Crippen LogP) is 4.81. The molecule has 0 saturated carbocycles. The molecule has 1 fully saturated rings. The summed E-state index contributed by atoms with van der Waals surface area (Å²) in [6.45, 7) is 4.33. The number of nitrogens with one attached hydrogen (secondary N) is 2. The predicted molar refractivity (Wildman–Crippen MR) is 145 cm³/mol. The molecule has 1 saturated heterocycles. The number of aromatic nitrogens is 2. The fourth-order valence-corrected chi connectivity index (χ4v) is 5.65. The second-order valence-electron chi connectivity index (χ2n) is 11.0. The van der Waals surface area contributed by atoms with E-state index in [1.165, 1.54) is 13.2 Å². The van der Waals surface area contributed by atoms with Gasteiger partial charge in [0.15, 0.2) is 11.6 Å². The van der Waals surface area contributed by atoms with Gasteiger partial charge in [-0.3, -0.25) is 9.78 Å². The van der Waals surface area contributed by atoms with Crippen LogP contribution in [0.25, 0.3) is 21.8 Å². The number of benzene rings is 2. The summed E-state index contributed by atoms with van der Waals surface area (Å²) in [5, 5.41) is 23.8. The zero-order valence-corrected chi connectivity index (χ0v) is 22.2. The van der Waals surface area contributed by atoms with Crippen molar-refractivity contribution in [2.45, 2.75) is 58.1 Å². The van der Waals surface area contributed by atoms with Crippen molar-refractivity contribution in [3.8, 4) is 5.75 Å². The molecule has 0 bridgehead atoms. The zero-order valence-electron chi connectivity index (χ0n) is 22.2. The number of aliphatic hydroxyl groups excluding tert-OH is 1. The Hall–Kier alpha value is -3.98. The summed E-state index contributed by atoms with van der Waals surface area (Å²) >= 11 is 0. The van der Waals surface area contributed by atoms with Crippen molar-refractivity contribution in [3.63, 3.8) is 0 Å². The van der Waals surface area contributed by atoms with E-state index in [4.69, 9.17) is 14.8 Å². The number of para-hydroxylation sites is 1. The Labute approximate surface area is 225 Å². The molecule has 1 unspecified atom stereocenters. The molecule has 39 heavy (non-hydrogen) atoms. The smallest absolute Gasteiger partial charge is 0.326 e. The van der Waals surface area contributed by atoms with Crippen molar-refractivity contribution < 1.29 is 28.9 Å². The van der Waals surface area contributed by atoms with Crippen molar-refractivity contribution in [2.75, 3.05) is 7.11 Å². The highest BCUT2D eigenvalue weighted by Crippen LogP contribution is 2.45. The first-order valence-electron chi connectivity index (χ1n) is 13.0. The highest BCUT2D eigenvalue weighted by molar-refractivity contribution is 6.10. The number of amides is 1. The van der Waals surface area contributed by atoms with Gasteiger partial charge >= 0.3 is 5.97 Å². The van der Waals surface area contributed by atoms with E-state index in [0.717, 1.165) is 50.7 Å². The molecule has 4 aromatic rings. The number of ether oxygens (including phenoxy) is 1. The van der Waals surface area contributed by atoms with Crippen LogP contribution in [-0.2, 0) is 22.4 Å². The molecule has 2 aliphatic rings. The number of hydrogen-bond acceptors (Lipinski definition) is 5. The van der Waals surface area contributed by atoms with Crippen molar-refractivity contribution in [1.29, 1.82) is 0 Å². The molecule has 204 valence electrons. The summed E-state index contributed by atoms with van der Waals surface area (Å²) in [5.41, 5.74) is 5.49. The van der Waals surface area contributed by atoms with Gasteiger partial charge in [-0.1, -0.05) is 38.1 Å². The van der Waals surface area contributed by atoms with E-state index in [-0.39, 0.29) is 22.9 Å². The monoisotopic (exact) mass is 533 g/mol. The number of aromatic amines is 1. The highest BCUT2D eigenvalue weighted by atomic mass is 19.1. The van der Waals surface area contributed by atoms with Crippen LogP contribution in [0, 0.1) is 11.2 Å². The molecule has 0 radical (unpaired) electrons. The number of rotatable bonds is 4. The summed E-state index contributed by atoms with van der Waals surface area (Å²) in [4.78, 5) is 29.0. The lowest BCUT2D eigenvalue weighted by molar-refractivity contribution is -0.140. The lowest BCUT2D eigenvalue weighted by Gasteiger charge is -2.34. The Morgan fingerprint density at radius 2 is 2.00 bits per heavy atom. The lowest BCUT2D eigenvalue weighted by Crippen LogP contribution is -2.32. The molecule has 2 aromatic heterocycles. The number of fused-ring (bicyclic) bond motifs is 5. The van der Waals surface area contributed by atoms with Gasteiger partial charge in [0.1, 0.15) is 6.04 Å². The average Bonchev–Trinajstić information content (AvgIpc) is 3.48. The number of carbonyl (C=O) groups excluding carboxylic acids is 1. The zero-order chi connectivity index (χ0) is 27.9. The Balaban J connectivity index is 0.000000292. The van der Waals surface area contributed by atoms with Crippen LogP contribution in [0.3, 0.4) is 0 Å². The normalized spacial score (nSPS) is 19.8. The third-order valence-corrected chi connectivity index (χ3v) is 7.45. The molecule has 1 aliphatic carbocycles. The third-order valence-electron chi connectivity index (χ3n) is 7.45. The number of carboxylic acids is 1. The summed E-state index contributed by atoms with van der Waals surface area (Å²) < 4.78 is 19.3. The number of hydrogen-bond donors (Lipinski definition) is 4. The van der Waals surface area contributed by atoms with Gasteiger partial charge in [-0.15, -0.1) is 0 Å². The van der Waals surface area contributed by atoms with Gasteiger partial charge in [0.25, 0.3) is 0 Å². The van der Waals surface area contributed by atoms with Gasteiger partial charge in [0.2, 0.25) is 5.91 Å². The molecule has 1 amide bonds. The van der Waals surface area contributed by atoms with Crippen LogP contribution in [0.1, 0.15) is 61.7 Å². The number of H-pyrrole nitrogens is 1. The molecule has 6 rings (SSSR count).